The second-order valence-electron chi connectivity index (χ2n) is 5.24. The van der Waals surface area contributed by atoms with Gasteiger partial charge in [0.25, 0.3) is 0 Å². The predicted octanol–water partition coefficient (Wildman–Crippen LogP) is 1.46. The van der Waals surface area contributed by atoms with Gasteiger partial charge in [-0.3, -0.25) is 0 Å². The second-order valence-corrected chi connectivity index (χ2v) is 5.24. The molecule has 0 bridgehead atoms. The first-order chi connectivity index (χ1) is 8.42. The van der Waals surface area contributed by atoms with Crippen LogP contribution in [0.5, 0.6) is 0 Å². The van der Waals surface area contributed by atoms with Crippen molar-refractivity contribution < 1.29 is 4.74 Å². The molecule has 1 aromatic rings. The number of hydrogen-bond acceptors (Lipinski definition) is 3. The fourth-order valence-electron chi connectivity index (χ4n) is 2.83. The van der Waals surface area contributed by atoms with E-state index in [-0.39, 0.29) is 0 Å². The minimum absolute atomic E-state index is 0.546. The highest BCUT2D eigenvalue weighted by Crippen LogP contribution is 2.24. The van der Waals surface area contributed by atoms with E-state index < -0.39 is 0 Å². The van der Waals surface area contributed by atoms with Gasteiger partial charge >= 0.3 is 0 Å². The monoisotopic (exact) mass is 235 g/mol. The van der Waals surface area contributed by atoms with Crippen LogP contribution in [0.2, 0.25) is 0 Å². The number of hydrogen-bond donors (Lipinski definition) is 2. The van der Waals surface area contributed by atoms with Crippen LogP contribution >= 0.6 is 0 Å². The largest absolute Gasteiger partial charge is 0.381 e. The van der Waals surface area contributed by atoms with Crippen LogP contribution in [0, 0.1) is 5.92 Å². The maximum absolute atomic E-state index is 5.41. The molecule has 2 aliphatic rings. The van der Waals surface area contributed by atoms with Crippen molar-refractivity contribution >= 4 is 0 Å². The number of nitrogens with one attached hydrogen (secondary N) is 2. The van der Waals surface area contributed by atoms with E-state index in [1.54, 1.807) is 0 Å². The zero-order valence-corrected chi connectivity index (χ0v) is 10.2. The van der Waals surface area contributed by atoms with Crippen molar-refractivity contribution in [1.82, 2.24) is 15.3 Å². The highest BCUT2D eigenvalue weighted by Gasteiger charge is 2.21. The summed E-state index contributed by atoms with van der Waals surface area (Å²) < 4.78 is 5.41. The minimum Gasteiger partial charge on any atom is -0.381 e. The Bertz CT molecular complexity index is 351. The van der Waals surface area contributed by atoms with Crippen LogP contribution in [-0.2, 0) is 11.2 Å². The molecule has 2 N–H and O–H groups in total. The smallest absolute Gasteiger partial charge is 0.106 e. The van der Waals surface area contributed by atoms with Gasteiger partial charge in [0.15, 0.2) is 0 Å². The van der Waals surface area contributed by atoms with E-state index in [1.165, 1.54) is 24.4 Å². The molecule has 1 unspecified atom stereocenters. The molecule has 4 nitrogen and oxygen atoms in total. The molecule has 0 aliphatic carbocycles. The summed E-state index contributed by atoms with van der Waals surface area (Å²) >= 11 is 0. The summed E-state index contributed by atoms with van der Waals surface area (Å²) in [7, 11) is 0. The third-order valence-electron chi connectivity index (χ3n) is 3.96. The fraction of sp³-hybridized carbons (Fsp3) is 0.769. The molecule has 17 heavy (non-hydrogen) atoms. The van der Waals surface area contributed by atoms with E-state index in [2.05, 4.69) is 15.3 Å². The van der Waals surface area contributed by atoms with Crippen LogP contribution in [-0.4, -0.2) is 36.3 Å². The molecule has 2 fully saturated rings. The Kier molecular flexibility index (Phi) is 3.43. The van der Waals surface area contributed by atoms with Gasteiger partial charge in [-0.25, -0.2) is 4.98 Å². The normalized spacial score (nSPS) is 26.5. The molecule has 2 saturated heterocycles. The number of H-pyrrole nitrogens is 1. The minimum atomic E-state index is 0.546. The Hall–Kier alpha value is -0.870. The lowest BCUT2D eigenvalue weighted by atomic mass is 9.94. The van der Waals surface area contributed by atoms with Crippen molar-refractivity contribution in [2.75, 3.05) is 26.3 Å². The van der Waals surface area contributed by atoms with Crippen molar-refractivity contribution in [2.24, 2.45) is 5.92 Å². The van der Waals surface area contributed by atoms with Crippen molar-refractivity contribution in [3.8, 4) is 0 Å². The summed E-state index contributed by atoms with van der Waals surface area (Å²) in [5.74, 6) is 2.51. The molecule has 0 radical (unpaired) electrons. The molecule has 0 saturated carbocycles. The van der Waals surface area contributed by atoms with Crippen molar-refractivity contribution in [2.45, 2.75) is 31.6 Å². The molecule has 3 rings (SSSR count). The molecular weight excluding hydrogens is 214 g/mol. The highest BCUT2D eigenvalue weighted by molar-refractivity contribution is 5.09. The third kappa shape index (κ3) is 2.69. The summed E-state index contributed by atoms with van der Waals surface area (Å²) in [6.07, 6.45) is 6.81. The maximum atomic E-state index is 5.41. The van der Waals surface area contributed by atoms with E-state index in [4.69, 9.17) is 4.74 Å². The van der Waals surface area contributed by atoms with Gasteiger partial charge in [0.2, 0.25) is 0 Å². The Morgan fingerprint density at radius 2 is 2.18 bits per heavy atom. The van der Waals surface area contributed by atoms with E-state index >= 15 is 0 Å². The molecule has 0 spiro atoms. The molecule has 1 atom stereocenters. The first-order valence-electron chi connectivity index (χ1n) is 6.74. The summed E-state index contributed by atoms with van der Waals surface area (Å²) in [5, 5.41) is 3.40. The Balaban J connectivity index is 1.59. The van der Waals surface area contributed by atoms with Gasteiger partial charge in [0.1, 0.15) is 5.82 Å². The molecule has 1 aromatic heterocycles. The van der Waals surface area contributed by atoms with Gasteiger partial charge in [0.05, 0.1) is 6.61 Å². The fourth-order valence-corrected chi connectivity index (χ4v) is 2.83. The number of aromatic amines is 1. The van der Waals surface area contributed by atoms with Crippen molar-refractivity contribution in [3.05, 3.63) is 17.7 Å². The lowest BCUT2D eigenvalue weighted by molar-refractivity contribution is 0.193. The van der Waals surface area contributed by atoms with Crippen LogP contribution in [0.3, 0.4) is 0 Å². The zero-order chi connectivity index (χ0) is 11.5. The SMILES string of the molecule is c1nc(CC2CCNCC2)[nH]c1C1CCOC1. The zero-order valence-electron chi connectivity index (χ0n) is 10.2. The van der Waals surface area contributed by atoms with Crippen LogP contribution < -0.4 is 5.32 Å². The van der Waals surface area contributed by atoms with Crippen LogP contribution in [0.15, 0.2) is 6.20 Å². The molecule has 4 heteroatoms. The molecule has 0 aromatic carbocycles. The lowest BCUT2D eigenvalue weighted by Crippen LogP contribution is -2.28. The third-order valence-corrected chi connectivity index (χ3v) is 3.96. The van der Waals surface area contributed by atoms with Crippen molar-refractivity contribution in [1.29, 1.82) is 0 Å². The molecule has 3 heterocycles. The summed E-state index contributed by atoms with van der Waals surface area (Å²) in [5.41, 5.74) is 1.27. The van der Waals surface area contributed by atoms with Gasteiger partial charge in [0, 0.05) is 30.8 Å². The van der Waals surface area contributed by atoms with Gasteiger partial charge in [-0.05, 0) is 38.3 Å². The van der Waals surface area contributed by atoms with E-state index in [1.807, 2.05) is 6.20 Å². The quantitative estimate of drug-likeness (QED) is 0.834. The topological polar surface area (TPSA) is 49.9 Å². The van der Waals surface area contributed by atoms with Crippen molar-refractivity contribution in [3.63, 3.8) is 0 Å². The van der Waals surface area contributed by atoms with Gasteiger partial charge in [-0.1, -0.05) is 0 Å². The van der Waals surface area contributed by atoms with E-state index in [9.17, 15) is 0 Å². The first kappa shape index (κ1) is 11.2. The predicted molar refractivity (Wildman–Crippen MR) is 66.1 cm³/mol. The van der Waals surface area contributed by atoms with Crippen LogP contribution in [0.4, 0.5) is 0 Å². The molecule has 94 valence electrons. The van der Waals surface area contributed by atoms with Gasteiger partial charge < -0.3 is 15.0 Å². The van der Waals surface area contributed by atoms with Crippen LogP contribution in [0.1, 0.15) is 36.7 Å². The molecular formula is C13H21N3O. The molecule has 2 aliphatic heterocycles. The first-order valence-corrected chi connectivity index (χ1v) is 6.74. The summed E-state index contributed by atoms with van der Waals surface area (Å²) in [6.45, 7) is 4.08. The van der Waals surface area contributed by atoms with E-state index in [0.717, 1.165) is 45.1 Å². The Morgan fingerprint density at radius 3 is 2.94 bits per heavy atom. The average Bonchev–Trinajstić information content (AvgIpc) is 3.00. The number of rotatable bonds is 3. The highest BCUT2D eigenvalue weighted by atomic mass is 16.5. The number of aromatic nitrogens is 2. The summed E-state index contributed by atoms with van der Waals surface area (Å²) in [4.78, 5) is 8.01. The standard InChI is InChI=1S/C13H21N3O/c1-4-14-5-2-10(1)7-13-15-8-12(16-13)11-3-6-17-9-11/h8,10-11,14H,1-7,9H2,(H,15,16). The van der Waals surface area contributed by atoms with Gasteiger partial charge in [-0.2, -0.15) is 0 Å². The van der Waals surface area contributed by atoms with E-state index in [0.29, 0.717) is 5.92 Å². The Morgan fingerprint density at radius 1 is 1.29 bits per heavy atom. The number of piperidine rings is 1. The number of nitrogens with zero attached hydrogens (tertiary/aromatic N) is 1. The number of imidazole rings is 1. The molecule has 0 amide bonds. The summed E-state index contributed by atoms with van der Waals surface area (Å²) in [6, 6.07) is 0. The second kappa shape index (κ2) is 5.19. The Labute approximate surface area is 102 Å². The average molecular weight is 235 g/mol. The van der Waals surface area contributed by atoms with Crippen LogP contribution in [0.25, 0.3) is 0 Å². The number of ether oxygens (including phenoxy) is 1. The lowest BCUT2D eigenvalue weighted by Gasteiger charge is -2.21. The van der Waals surface area contributed by atoms with Gasteiger partial charge in [-0.15, -0.1) is 0 Å². The maximum Gasteiger partial charge on any atom is 0.106 e.